The predicted molar refractivity (Wildman–Crippen MR) is 93.7 cm³/mol. The highest BCUT2D eigenvalue weighted by Gasteiger charge is 2.13. The largest absolute Gasteiger partial charge is 0.493 e. The van der Waals surface area contributed by atoms with Crippen LogP contribution in [0.4, 0.5) is 0 Å². The van der Waals surface area contributed by atoms with E-state index in [0.29, 0.717) is 24.5 Å². The minimum absolute atomic E-state index is 0.175. The normalized spacial score (nSPS) is 10.5. The number of hydrogen-bond donors (Lipinski definition) is 1. The van der Waals surface area contributed by atoms with Gasteiger partial charge in [0, 0.05) is 4.47 Å². The number of rotatable bonds is 9. The second kappa shape index (κ2) is 9.40. The molecule has 0 saturated carbocycles. The maximum Gasteiger partial charge on any atom is 0.255 e. The maximum absolute atomic E-state index is 12.4. The van der Waals surface area contributed by atoms with E-state index in [1.165, 1.54) is 12.8 Å². The summed E-state index contributed by atoms with van der Waals surface area (Å²) < 4.78 is 11.9. The zero-order valence-electron chi connectivity index (χ0n) is 13.3. The highest BCUT2D eigenvalue weighted by atomic mass is 79.9. The molecular formula is C18H22BrNO3. The third-order valence-corrected chi connectivity index (χ3v) is 3.94. The molecule has 0 fully saturated rings. The highest BCUT2D eigenvalue weighted by Crippen LogP contribution is 2.23. The number of hydrogen-bond acceptors (Lipinski definition) is 3. The minimum Gasteiger partial charge on any atom is -0.493 e. The summed E-state index contributed by atoms with van der Waals surface area (Å²) in [6.45, 7) is 3.16. The van der Waals surface area contributed by atoms with Gasteiger partial charge in [-0.05, 0) is 36.8 Å². The van der Waals surface area contributed by atoms with Crippen molar-refractivity contribution in [2.45, 2.75) is 39.2 Å². The van der Waals surface area contributed by atoms with Crippen LogP contribution in [0.25, 0.3) is 0 Å². The molecule has 0 saturated heterocycles. The fourth-order valence-corrected chi connectivity index (χ4v) is 2.55. The number of unbranched alkanes of at least 4 members (excludes halogenated alkanes) is 3. The van der Waals surface area contributed by atoms with Crippen molar-refractivity contribution in [3.63, 3.8) is 0 Å². The van der Waals surface area contributed by atoms with Crippen LogP contribution in [-0.2, 0) is 6.54 Å². The summed E-state index contributed by atoms with van der Waals surface area (Å²) in [5.74, 6) is 1.16. The van der Waals surface area contributed by atoms with Crippen LogP contribution in [-0.4, -0.2) is 12.5 Å². The predicted octanol–water partition coefficient (Wildman–Crippen LogP) is 4.93. The molecule has 1 aromatic heterocycles. The van der Waals surface area contributed by atoms with Gasteiger partial charge in [0.05, 0.1) is 25.0 Å². The monoisotopic (exact) mass is 379 g/mol. The van der Waals surface area contributed by atoms with E-state index in [1.807, 2.05) is 18.2 Å². The van der Waals surface area contributed by atoms with Gasteiger partial charge >= 0.3 is 0 Å². The lowest BCUT2D eigenvalue weighted by Gasteiger charge is -2.12. The first-order valence-corrected chi connectivity index (χ1v) is 8.73. The van der Waals surface area contributed by atoms with Gasteiger partial charge in [0.2, 0.25) is 0 Å². The van der Waals surface area contributed by atoms with Gasteiger partial charge in [-0.3, -0.25) is 4.79 Å². The molecule has 5 heteroatoms. The summed E-state index contributed by atoms with van der Waals surface area (Å²) in [4.78, 5) is 12.4. The van der Waals surface area contributed by atoms with Crippen LogP contribution in [0.3, 0.4) is 0 Å². The van der Waals surface area contributed by atoms with E-state index in [-0.39, 0.29) is 5.91 Å². The lowest BCUT2D eigenvalue weighted by atomic mass is 10.2. The average molecular weight is 380 g/mol. The first-order chi connectivity index (χ1) is 11.2. The number of carbonyl (C=O) groups excluding carboxylic acids is 1. The molecule has 4 nitrogen and oxygen atoms in total. The summed E-state index contributed by atoms with van der Waals surface area (Å²) in [6.07, 6.45) is 6.13. The van der Waals surface area contributed by atoms with Crippen LogP contribution in [0.5, 0.6) is 5.75 Å². The first kappa shape index (κ1) is 17.6. The topological polar surface area (TPSA) is 51.5 Å². The summed E-state index contributed by atoms with van der Waals surface area (Å²) in [5.41, 5.74) is 0.529. The van der Waals surface area contributed by atoms with Crippen LogP contribution < -0.4 is 10.1 Å². The molecule has 0 aliphatic rings. The maximum atomic E-state index is 12.4. The van der Waals surface area contributed by atoms with Crippen LogP contribution >= 0.6 is 15.9 Å². The molecule has 23 heavy (non-hydrogen) atoms. The molecule has 1 aromatic carbocycles. The van der Waals surface area contributed by atoms with E-state index in [9.17, 15) is 4.79 Å². The van der Waals surface area contributed by atoms with Crippen molar-refractivity contribution in [1.82, 2.24) is 5.32 Å². The summed E-state index contributed by atoms with van der Waals surface area (Å²) in [6, 6.07) is 9.10. The van der Waals surface area contributed by atoms with Crippen molar-refractivity contribution < 1.29 is 13.9 Å². The lowest BCUT2D eigenvalue weighted by Crippen LogP contribution is -2.23. The number of carbonyl (C=O) groups is 1. The van der Waals surface area contributed by atoms with E-state index < -0.39 is 0 Å². The highest BCUT2D eigenvalue weighted by molar-refractivity contribution is 9.10. The molecule has 0 aliphatic heterocycles. The number of amides is 1. The molecule has 2 rings (SSSR count). The molecule has 1 N–H and O–H groups in total. The van der Waals surface area contributed by atoms with Crippen molar-refractivity contribution in [3.8, 4) is 5.75 Å². The van der Waals surface area contributed by atoms with E-state index in [4.69, 9.17) is 9.15 Å². The fraction of sp³-hybridized carbons (Fsp3) is 0.389. The minimum atomic E-state index is -0.175. The van der Waals surface area contributed by atoms with Gasteiger partial charge in [-0.2, -0.15) is 0 Å². The van der Waals surface area contributed by atoms with Gasteiger partial charge in [0.15, 0.2) is 0 Å². The quantitative estimate of drug-likeness (QED) is 0.628. The molecule has 0 bridgehead atoms. The smallest absolute Gasteiger partial charge is 0.255 e. The number of ether oxygens (including phenoxy) is 1. The number of furan rings is 1. The van der Waals surface area contributed by atoms with Gasteiger partial charge in [-0.15, -0.1) is 0 Å². The fourth-order valence-electron chi connectivity index (χ4n) is 2.19. The summed E-state index contributed by atoms with van der Waals surface area (Å²) in [7, 11) is 0. The Morgan fingerprint density at radius 3 is 2.87 bits per heavy atom. The van der Waals surface area contributed by atoms with Crippen molar-refractivity contribution in [2.75, 3.05) is 6.61 Å². The second-order valence-electron chi connectivity index (χ2n) is 5.31. The second-order valence-corrected chi connectivity index (χ2v) is 6.23. The Bertz CT molecular complexity index is 611. The first-order valence-electron chi connectivity index (χ1n) is 7.93. The Labute approximate surface area is 145 Å². The number of halogens is 1. The molecular weight excluding hydrogens is 358 g/mol. The van der Waals surface area contributed by atoms with Gasteiger partial charge in [0.1, 0.15) is 11.5 Å². The Hall–Kier alpha value is -1.75. The SMILES string of the molecule is CCCCCCOc1ccc(Br)cc1C(=O)NCc1ccco1. The van der Waals surface area contributed by atoms with Crippen LogP contribution in [0.15, 0.2) is 45.5 Å². The zero-order valence-corrected chi connectivity index (χ0v) is 14.9. The van der Waals surface area contributed by atoms with E-state index in [0.717, 1.165) is 23.1 Å². The van der Waals surface area contributed by atoms with Gasteiger partial charge < -0.3 is 14.5 Å². The molecule has 0 spiro atoms. The molecule has 1 heterocycles. The standard InChI is InChI=1S/C18H22BrNO3/c1-2-3-4-5-10-23-17-9-8-14(19)12-16(17)18(21)20-13-15-7-6-11-22-15/h6-9,11-12H,2-5,10,13H2,1H3,(H,20,21). The molecule has 124 valence electrons. The van der Waals surface area contributed by atoms with Crippen molar-refractivity contribution in [2.24, 2.45) is 0 Å². The Kier molecular flexibility index (Phi) is 7.20. The molecule has 0 radical (unpaired) electrons. The summed E-state index contributed by atoms with van der Waals surface area (Å²) in [5, 5.41) is 2.85. The van der Waals surface area contributed by atoms with E-state index in [2.05, 4.69) is 28.2 Å². The zero-order chi connectivity index (χ0) is 16.5. The summed E-state index contributed by atoms with van der Waals surface area (Å²) >= 11 is 3.40. The van der Waals surface area contributed by atoms with Gasteiger partial charge in [0.25, 0.3) is 5.91 Å². The number of nitrogens with one attached hydrogen (secondary N) is 1. The Morgan fingerprint density at radius 1 is 1.26 bits per heavy atom. The van der Waals surface area contributed by atoms with Crippen LogP contribution in [0, 0.1) is 0 Å². The molecule has 1 amide bonds. The van der Waals surface area contributed by atoms with E-state index >= 15 is 0 Å². The van der Waals surface area contributed by atoms with Gasteiger partial charge in [-0.25, -0.2) is 0 Å². The van der Waals surface area contributed by atoms with E-state index in [1.54, 1.807) is 18.4 Å². The molecule has 0 unspecified atom stereocenters. The average Bonchev–Trinajstić information content (AvgIpc) is 3.07. The Balaban J connectivity index is 1.95. The van der Waals surface area contributed by atoms with Crippen molar-refractivity contribution in [3.05, 3.63) is 52.4 Å². The van der Waals surface area contributed by atoms with Gasteiger partial charge in [-0.1, -0.05) is 42.1 Å². The van der Waals surface area contributed by atoms with Crippen LogP contribution in [0.1, 0.15) is 48.7 Å². The number of benzene rings is 1. The molecule has 2 aromatic rings. The third-order valence-electron chi connectivity index (χ3n) is 3.44. The Morgan fingerprint density at radius 2 is 2.13 bits per heavy atom. The van der Waals surface area contributed by atoms with Crippen molar-refractivity contribution in [1.29, 1.82) is 0 Å². The van der Waals surface area contributed by atoms with Crippen LogP contribution in [0.2, 0.25) is 0 Å². The molecule has 0 aliphatic carbocycles. The lowest BCUT2D eigenvalue weighted by molar-refractivity contribution is 0.0943. The molecule has 0 atom stereocenters. The van der Waals surface area contributed by atoms with Crippen molar-refractivity contribution >= 4 is 21.8 Å². The third kappa shape index (κ3) is 5.75.